The van der Waals surface area contributed by atoms with E-state index in [4.69, 9.17) is 5.73 Å². The summed E-state index contributed by atoms with van der Waals surface area (Å²) in [6.07, 6.45) is 1.81. The number of rotatable bonds is 3. The van der Waals surface area contributed by atoms with Gasteiger partial charge >= 0.3 is 0 Å². The molecular formula is C13H13BrN2S. The largest absolute Gasteiger partial charge is 0.324 e. The molecule has 4 heteroatoms. The standard InChI is InChI=1S/C13H13BrN2S/c1-9(15)10-6-7-16-13(8-10)17-12-4-2-11(14)3-5-12/h2-9H,15H2,1H3/t9-/m0/s1. The second kappa shape index (κ2) is 5.67. The summed E-state index contributed by atoms with van der Waals surface area (Å²) in [5.74, 6) is 0. The Balaban J connectivity index is 2.18. The summed E-state index contributed by atoms with van der Waals surface area (Å²) in [7, 11) is 0. The summed E-state index contributed by atoms with van der Waals surface area (Å²) >= 11 is 5.06. The monoisotopic (exact) mass is 308 g/mol. The van der Waals surface area contributed by atoms with Crippen molar-refractivity contribution in [1.82, 2.24) is 4.98 Å². The molecule has 2 rings (SSSR count). The molecule has 0 saturated carbocycles. The lowest BCUT2D eigenvalue weighted by Gasteiger charge is -2.07. The van der Waals surface area contributed by atoms with Gasteiger partial charge in [-0.2, -0.15) is 0 Å². The molecule has 0 bridgehead atoms. The number of nitrogens with two attached hydrogens (primary N) is 1. The normalized spacial score (nSPS) is 12.4. The fraction of sp³-hybridized carbons (Fsp3) is 0.154. The van der Waals surface area contributed by atoms with Gasteiger partial charge in [0.2, 0.25) is 0 Å². The van der Waals surface area contributed by atoms with Crippen molar-refractivity contribution in [1.29, 1.82) is 0 Å². The Hall–Kier alpha value is -0.840. The molecule has 2 nitrogen and oxygen atoms in total. The third-order valence-electron chi connectivity index (χ3n) is 2.32. The van der Waals surface area contributed by atoms with Gasteiger partial charge in [0, 0.05) is 21.6 Å². The van der Waals surface area contributed by atoms with E-state index in [2.05, 4.69) is 33.0 Å². The molecule has 1 aromatic carbocycles. The van der Waals surface area contributed by atoms with Crippen LogP contribution in [0, 0.1) is 0 Å². The van der Waals surface area contributed by atoms with Crippen molar-refractivity contribution in [2.45, 2.75) is 22.9 Å². The molecule has 0 spiro atoms. The zero-order valence-electron chi connectivity index (χ0n) is 9.43. The highest BCUT2D eigenvalue weighted by Gasteiger charge is 2.03. The first-order valence-corrected chi connectivity index (χ1v) is 6.91. The SMILES string of the molecule is C[C@H](N)c1ccnc(Sc2ccc(Br)cc2)c1. The fourth-order valence-corrected chi connectivity index (χ4v) is 2.47. The Morgan fingerprint density at radius 2 is 1.94 bits per heavy atom. The molecule has 1 heterocycles. The number of pyridine rings is 1. The molecule has 0 amide bonds. The molecule has 0 unspecified atom stereocenters. The summed E-state index contributed by atoms with van der Waals surface area (Å²) < 4.78 is 1.08. The van der Waals surface area contributed by atoms with Crippen LogP contribution < -0.4 is 5.73 Å². The van der Waals surface area contributed by atoms with Gasteiger partial charge < -0.3 is 5.73 Å². The zero-order chi connectivity index (χ0) is 12.3. The van der Waals surface area contributed by atoms with E-state index in [1.54, 1.807) is 18.0 Å². The van der Waals surface area contributed by atoms with Gasteiger partial charge in [0.05, 0.1) is 0 Å². The summed E-state index contributed by atoms with van der Waals surface area (Å²) in [4.78, 5) is 5.50. The quantitative estimate of drug-likeness (QED) is 0.931. The van der Waals surface area contributed by atoms with Crippen LogP contribution in [0.3, 0.4) is 0 Å². The molecular weight excluding hydrogens is 296 g/mol. The van der Waals surface area contributed by atoms with E-state index in [1.165, 1.54) is 4.90 Å². The van der Waals surface area contributed by atoms with Gasteiger partial charge in [-0.25, -0.2) is 4.98 Å². The van der Waals surface area contributed by atoms with Crippen molar-refractivity contribution in [2.75, 3.05) is 0 Å². The van der Waals surface area contributed by atoms with Crippen molar-refractivity contribution in [2.24, 2.45) is 5.73 Å². The Morgan fingerprint density at radius 1 is 1.24 bits per heavy atom. The van der Waals surface area contributed by atoms with Gasteiger partial charge in [-0.05, 0) is 48.9 Å². The van der Waals surface area contributed by atoms with Crippen LogP contribution >= 0.6 is 27.7 Å². The van der Waals surface area contributed by atoms with Gasteiger partial charge in [-0.3, -0.25) is 0 Å². The van der Waals surface area contributed by atoms with Crippen LogP contribution in [0.5, 0.6) is 0 Å². The average Bonchev–Trinajstić information content (AvgIpc) is 2.32. The van der Waals surface area contributed by atoms with Crippen LogP contribution in [0.4, 0.5) is 0 Å². The molecule has 0 radical (unpaired) electrons. The van der Waals surface area contributed by atoms with E-state index in [0.717, 1.165) is 15.1 Å². The molecule has 88 valence electrons. The second-order valence-corrected chi connectivity index (χ2v) is 5.78. The number of hydrogen-bond acceptors (Lipinski definition) is 3. The first-order valence-electron chi connectivity index (χ1n) is 5.30. The maximum Gasteiger partial charge on any atom is 0.101 e. The topological polar surface area (TPSA) is 38.9 Å². The van der Waals surface area contributed by atoms with Gasteiger partial charge in [-0.1, -0.05) is 27.7 Å². The minimum absolute atomic E-state index is 0.0438. The lowest BCUT2D eigenvalue weighted by molar-refractivity contribution is 0.808. The number of hydrogen-bond donors (Lipinski definition) is 1. The Morgan fingerprint density at radius 3 is 2.59 bits per heavy atom. The maximum atomic E-state index is 5.85. The van der Waals surface area contributed by atoms with Gasteiger partial charge in [0.15, 0.2) is 0 Å². The highest BCUT2D eigenvalue weighted by Crippen LogP contribution is 2.28. The first kappa shape index (κ1) is 12.6. The van der Waals surface area contributed by atoms with Crippen molar-refractivity contribution < 1.29 is 0 Å². The van der Waals surface area contributed by atoms with Crippen LogP contribution in [-0.4, -0.2) is 4.98 Å². The Labute approximate surface area is 114 Å². The zero-order valence-corrected chi connectivity index (χ0v) is 11.8. The predicted molar refractivity (Wildman–Crippen MR) is 75.1 cm³/mol. The van der Waals surface area contributed by atoms with Gasteiger partial charge in [0.25, 0.3) is 0 Å². The average molecular weight is 309 g/mol. The highest BCUT2D eigenvalue weighted by atomic mass is 79.9. The van der Waals surface area contributed by atoms with Crippen LogP contribution in [0.2, 0.25) is 0 Å². The molecule has 0 fully saturated rings. The Bertz CT molecular complexity index is 497. The molecule has 0 aliphatic carbocycles. The third kappa shape index (κ3) is 3.56. The van der Waals surface area contributed by atoms with Crippen LogP contribution in [-0.2, 0) is 0 Å². The van der Waals surface area contributed by atoms with Crippen molar-refractivity contribution in [3.05, 3.63) is 52.6 Å². The molecule has 0 saturated heterocycles. The lowest BCUT2D eigenvalue weighted by Crippen LogP contribution is -2.04. The van der Waals surface area contributed by atoms with E-state index in [-0.39, 0.29) is 6.04 Å². The van der Waals surface area contributed by atoms with E-state index < -0.39 is 0 Å². The maximum absolute atomic E-state index is 5.85. The molecule has 0 aliphatic rings. The van der Waals surface area contributed by atoms with Crippen LogP contribution in [0.25, 0.3) is 0 Å². The molecule has 2 aromatic rings. The van der Waals surface area contributed by atoms with E-state index in [1.807, 2.05) is 31.2 Å². The minimum Gasteiger partial charge on any atom is -0.324 e. The minimum atomic E-state index is 0.0438. The third-order valence-corrected chi connectivity index (χ3v) is 3.79. The lowest BCUT2D eigenvalue weighted by atomic mass is 10.1. The Kier molecular flexibility index (Phi) is 4.20. The van der Waals surface area contributed by atoms with Gasteiger partial charge in [0.1, 0.15) is 5.03 Å². The van der Waals surface area contributed by atoms with Crippen molar-refractivity contribution >= 4 is 27.7 Å². The molecule has 17 heavy (non-hydrogen) atoms. The fourth-order valence-electron chi connectivity index (χ4n) is 1.39. The number of nitrogens with zero attached hydrogens (tertiary/aromatic N) is 1. The number of aromatic nitrogens is 1. The molecule has 0 aliphatic heterocycles. The predicted octanol–water partition coefficient (Wildman–Crippen LogP) is 4.02. The van der Waals surface area contributed by atoms with E-state index in [9.17, 15) is 0 Å². The summed E-state index contributed by atoms with van der Waals surface area (Å²) in [5, 5.41) is 0.974. The summed E-state index contributed by atoms with van der Waals surface area (Å²) in [6, 6.07) is 12.2. The second-order valence-electron chi connectivity index (χ2n) is 3.77. The number of halogens is 1. The summed E-state index contributed by atoms with van der Waals surface area (Å²) in [5.41, 5.74) is 6.96. The molecule has 1 aromatic heterocycles. The van der Waals surface area contributed by atoms with Crippen LogP contribution in [0.1, 0.15) is 18.5 Å². The number of benzene rings is 1. The van der Waals surface area contributed by atoms with Crippen molar-refractivity contribution in [3.63, 3.8) is 0 Å². The van der Waals surface area contributed by atoms with Gasteiger partial charge in [-0.15, -0.1) is 0 Å². The molecule has 2 N–H and O–H groups in total. The van der Waals surface area contributed by atoms with E-state index >= 15 is 0 Å². The van der Waals surface area contributed by atoms with Crippen LogP contribution in [0.15, 0.2) is 57.0 Å². The smallest absolute Gasteiger partial charge is 0.101 e. The van der Waals surface area contributed by atoms with E-state index in [0.29, 0.717) is 0 Å². The molecule has 1 atom stereocenters. The first-order chi connectivity index (χ1) is 8.15. The summed E-state index contributed by atoms with van der Waals surface area (Å²) in [6.45, 7) is 1.98. The van der Waals surface area contributed by atoms with Crippen molar-refractivity contribution in [3.8, 4) is 0 Å². The highest BCUT2D eigenvalue weighted by molar-refractivity contribution is 9.10.